The number of amides is 3. The van der Waals surface area contributed by atoms with Crippen LogP contribution in [0.2, 0.25) is 0 Å². The van der Waals surface area contributed by atoms with Crippen LogP contribution in [-0.4, -0.2) is 100 Å². The van der Waals surface area contributed by atoms with E-state index in [1.807, 2.05) is 11.8 Å². The van der Waals surface area contributed by atoms with Crippen molar-refractivity contribution in [2.24, 2.45) is 11.3 Å². The van der Waals surface area contributed by atoms with Crippen LogP contribution in [0.15, 0.2) is 0 Å². The Bertz CT molecular complexity index is 630. The first-order chi connectivity index (χ1) is 15.9. The van der Waals surface area contributed by atoms with Crippen molar-refractivity contribution in [3.05, 3.63) is 0 Å². The first kappa shape index (κ1) is 27.7. The molecule has 3 amide bonds. The van der Waals surface area contributed by atoms with Gasteiger partial charge < -0.3 is 23.8 Å². The summed E-state index contributed by atoms with van der Waals surface area (Å²) < 4.78 is 21.8. The molecule has 0 aromatic heterocycles. The van der Waals surface area contributed by atoms with Crippen molar-refractivity contribution in [1.82, 2.24) is 9.80 Å². The molecule has 2 atom stereocenters. The number of hydrogen-bond donors (Lipinski definition) is 0. The zero-order valence-corrected chi connectivity index (χ0v) is 20.6. The summed E-state index contributed by atoms with van der Waals surface area (Å²) in [5.41, 5.74) is 0.269. The van der Waals surface area contributed by atoms with Crippen molar-refractivity contribution in [1.29, 1.82) is 0 Å². The minimum absolute atomic E-state index is 0.0822. The van der Waals surface area contributed by atoms with Crippen LogP contribution in [0.25, 0.3) is 0 Å². The lowest BCUT2D eigenvalue weighted by molar-refractivity contribution is -0.140. The number of imide groups is 1. The normalized spacial score (nSPS) is 23.2. The third-order valence-electron chi connectivity index (χ3n) is 6.63. The second-order valence-corrected chi connectivity index (χ2v) is 9.12. The number of rotatable bonds is 17. The Morgan fingerprint density at radius 3 is 2.03 bits per heavy atom. The lowest BCUT2D eigenvalue weighted by Gasteiger charge is -2.22. The van der Waals surface area contributed by atoms with Crippen LogP contribution in [0.1, 0.15) is 52.9 Å². The van der Waals surface area contributed by atoms with Gasteiger partial charge >= 0.3 is 0 Å². The van der Waals surface area contributed by atoms with Crippen molar-refractivity contribution in [2.75, 3.05) is 72.5 Å². The summed E-state index contributed by atoms with van der Waals surface area (Å²) in [7, 11) is 0. The predicted molar refractivity (Wildman–Crippen MR) is 123 cm³/mol. The molecule has 0 aliphatic carbocycles. The van der Waals surface area contributed by atoms with E-state index in [0.29, 0.717) is 78.7 Å². The molecule has 2 fully saturated rings. The summed E-state index contributed by atoms with van der Waals surface area (Å²) in [5.74, 6) is -0.180. The van der Waals surface area contributed by atoms with Crippen LogP contribution in [0.5, 0.6) is 0 Å². The predicted octanol–water partition coefficient (Wildman–Crippen LogP) is 1.88. The molecule has 2 aliphatic heterocycles. The maximum Gasteiger partial charge on any atom is 0.232 e. The smallest absolute Gasteiger partial charge is 0.232 e. The molecule has 0 aromatic carbocycles. The summed E-state index contributed by atoms with van der Waals surface area (Å²) in [4.78, 5) is 39.3. The number of carbonyl (C=O) groups excluding carboxylic acids is 3. The Morgan fingerprint density at radius 1 is 0.939 bits per heavy atom. The first-order valence-corrected chi connectivity index (χ1v) is 12.3. The van der Waals surface area contributed by atoms with Crippen molar-refractivity contribution in [2.45, 2.75) is 52.9 Å². The number of carbonyl (C=O) groups is 3. The summed E-state index contributed by atoms with van der Waals surface area (Å²) >= 11 is 0. The Hall–Kier alpha value is -1.55. The van der Waals surface area contributed by atoms with Gasteiger partial charge in [-0.05, 0) is 24.7 Å². The maximum atomic E-state index is 12.2. The SMILES string of the molecule is CCC1CC(=O)N(CCOCCOCCOCCOCCC(=O)N2CCC(C)(CC)C2)C1=O. The average molecular weight is 471 g/mol. The van der Waals surface area contributed by atoms with Crippen molar-refractivity contribution < 1.29 is 33.3 Å². The molecule has 190 valence electrons. The fourth-order valence-electron chi connectivity index (χ4n) is 4.07. The molecule has 2 unspecified atom stereocenters. The molecule has 9 nitrogen and oxygen atoms in total. The van der Waals surface area contributed by atoms with Crippen molar-refractivity contribution in [3.63, 3.8) is 0 Å². The van der Waals surface area contributed by atoms with E-state index >= 15 is 0 Å². The average Bonchev–Trinajstić information content (AvgIpc) is 3.34. The molecular weight excluding hydrogens is 428 g/mol. The molecule has 0 spiro atoms. The van der Waals surface area contributed by atoms with Gasteiger partial charge in [-0.25, -0.2) is 0 Å². The van der Waals surface area contributed by atoms with Gasteiger partial charge in [-0.2, -0.15) is 0 Å². The standard InChI is InChI=1S/C24H42N2O7/c1-4-20-18-22(28)26(23(20)29)9-11-31-13-15-33-17-16-32-14-12-30-10-6-21(27)25-8-7-24(3,5-2)19-25/h20H,4-19H2,1-3H3. The molecule has 0 bridgehead atoms. The number of ether oxygens (including phenoxy) is 4. The second-order valence-electron chi connectivity index (χ2n) is 9.12. The highest BCUT2D eigenvalue weighted by molar-refractivity contribution is 6.03. The minimum atomic E-state index is -0.166. The Labute approximate surface area is 198 Å². The van der Waals surface area contributed by atoms with Gasteiger partial charge in [0, 0.05) is 25.4 Å². The molecule has 2 aliphatic rings. The van der Waals surface area contributed by atoms with Gasteiger partial charge in [0.15, 0.2) is 0 Å². The number of nitrogens with zero attached hydrogens (tertiary/aromatic N) is 2. The zero-order valence-electron chi connectivity index (χ0n) is 20.6. The molecule has 2 heterocycles. The van der Waals surface area contributed by atoms with Gasteiger partial charge in [-0.15, -0.1) is 0 Å². The quantitative estimate of drug-likeness (QED) is 0.237. The molecule has 0 N–H and O–H groups in total. The third-order valence-corrected chi connectivity index (χ3v) is 6.63. The molecular formula is C24H42N2O7. The van der Waals surface area contributed by atoms with E-state index in [1.54, 1.807) is 0 Å². The molecule has 33 heavy (non-hydrogen) atoms. The van der Waals surface area contributed by atoms with Crippen LogP contribution in [0.4, 0.5) is 0 Å². The molecule has 2 rings (SSSR count). The van der Waals surface area contributed by atoms with E-state index in [2.05, 4.69) is 13.8 Å². The van der Waals surface area contributed by atoms with Crippen LogP contribution in [0, 0.1) is 11.3 Å². The van der Waals surface area contributed by atoms with Crippen LogP contribution >= 0.6 is 0 Å². The van der Waals surface area contributed by atoms with E-state index in [-0.39, 0.29) is 29.1 Å². The topological polar surface area (TPSA) is 94.6 Å². The molecule has 9 heteroatoms. The van der Waals surface area contributed by atoms with Gasteiger partial charge in [-0.1, -0.05) is 20.8 Å². The van der Waals surface area contributed by atoms with Crippen LogP contribution in [-0.2, 0) is 33.3 Å². The Kier molecular flexibility index (Phi) is 12.3. The van der Waals surface area contributed by atoms with Gasteiger partial charge in [0.05, 0.1) is 65.8 Å². The lowest BCUT2D eigenvalue weighted by Crippen LogP contribution is -2.34. The summed E-state index contributed by atoms with van der Waals surface area (Å²) in [6.45, 7) is 11.8. The molecule has 0 aromatic rings. The van der Waals surface area contributed by atoms with Crippen molar-refractivity contribution >= 4 is 17.7 Å². The summed E-state index contributed by atoms with van der Waals surface area (Å²) in [6.07, 6.45) is 3.62. The van der Waals surface area contributed by atoms with Crippen molar-refractivity contribution in [3.8, 4) is 0 Å². The van der Waals surface area contributed by atoms with Crippen LogP contribution in [0.3, 0.4) is 0 Å². The Balaban J connectivity index is 1.33. The van der Waals surface area contributed by atoms with Gasteiger partial charge in [0.2, 0.25) is 17.7 Å². The highest BCUT2D eigenvalue weighted by Crippen LogP contribution is 2.33. The summed E-state index contributed by atoms with van der Waals surface area (Å²) in [6, 6.07) is 0. The van der Waals surface area contributed by atoms with E-state index in [9.17, 15) is 14.4 Å². The van der Waals surface area contributed by atoms with Gasteiger partial charge in [0.25, 0.3) is 0 Å². The van der Waals surface area contributed by atoms with E-state index in [1.165, 1.54) is 4.90 Å². The maximum absolute atomic E-state index is 12.2. The number of likely N-dealkylation sites (tertiary alicyclic amines) is 2. The first-order valence-electron chi connectivity index (χ1n) is 12.3. The monoisotopic (exact) mass is 470 g/mol. The van der Waals surface area contributed by atoms with E-state index < -0.39 is 0 Å². The number of hydrogen-bond acceptors (Lipinski definition) is 7. The van der Waals surface area contributed by atoms with E-state index in [4.69, 9.17) is 18.9 Å². The van der Waals surface area contributed by atoms with Gasteiger partial charge in [0.1, 0.15) is 0 Å². The van der Waals surface area contributed by atoms with Crippen LogP contribution < -0.4 is 0 Å². The van der Waals surface area contributed by atoms with E-state index in [0.717, 1.165) is 25.9 Å². The Morgan fingerprint density at radius 2 is 1.52 bits per heavy atom. The minimum Gasteiger partial charge on any atom is -0.379 e. The van der Waals surface area contributed by atoms with Gasteiger partial charge in [-0.3, -0.25) is 19.3 Å². The zero-order chi connectivity index (χ0) is 24.1. The highest BCUT2D eigenvalue weighted by atomic mass is 16.6. The largest absolute Gasteiger partial charge is 0.379 e. The highest BCUT2D eigenvalue weighted by Gasteiger charge is 2.37. The lowest BCUT2D eigenvalue weighted by atomic mass is 9.87. The molecule has 0 saturated carbocycles. The fourth-order valence-corrected chi connectivity index (χ4v) is 4.07. The molecule has 2 saturated heterocycles. The second kappa shape index (κ2) is 14.7. The molecule has 0 radical (unpaired) electrons. The fraction of sp³-hybridized carbons (Fsp3) is 0.875. The summed E-state index contributed by atoms with van der Waals surface area (Å²) in [5, 5.41) is 0. The third kappa shape index (κ3) is 9.31.